The van der Waals surface area contributed by atoms with Gasteiger partial charge in [-0.2, -0.15) is 0 Å². The Morgan fingerprint density at radius 2 is 2.12 bits per heavy atom. The minimum atomic E-state index is -0.252. The van der Waals surface area contributed by atoms with Gasteiger partial charge in [0.15, 0.2) is 5.96 Å². The summed E-state index contributed by atoms with van der Waals surface area (Å²) in [6, 6.07) is 0.294. The van der Waals surface area contributed by atoms with Gasteiger partial charge < -0.3 is 24.8 Å². The van der Waals surface area contributed by atoms with Gasteiger partial charge >= 0.3 is 6.09 Å². The Kier molecular flexibility index (Phi) is 9.74. The predicted molar refractivity (Wildman–Crippen MR) is 113 cm³/mol. The highest BCUT2D eigenvalue weighted by atomic mass is 127. The van der Waals surface area contributed by atoms with Crippen LogP contribution in [0, 0.1) is 5.92 Å². The maximum absolute atomic E-state index is 11.5. The number of amides is 1. The van der Waals surface area contributed by atoms with Crippen molar-refractivity contribution < 1.29 is 9.53 Å². The lowest BCUT2D eigenvalue weighted by Crippen LogP contribution is -2.49. The summed E-state index contributed by atoms with van der Waals surface area (Å²) >= 11 is 0. The normalized spacial score (nSPS) is 15.6. The van der Waals surface area contributed by atoms with E-state index in [0.717, 1.165) is 31.2 Å². The molecule has 0 atom stereocenters. The van der Waals surface area contributed by atoms with Gasteiger partial charge in [-0.15, -0.1) is 24.0 Å². The van der Waals surface area contributed by atoms with Crippen molar-refractivity contribution in [3.63, 3.8) is 0 Å². The van der Waals surface area contributed by atoms with E-state index in [4.69, 9.17) is 4.74 Å². The molecule has 26 heavy (non-hydrogen) atoms. The summed E-state index contributed by atoms with van der Waals surface area (Å²) < 4.78 is 6.93. The fourth-order valence-electron chi connectivity index (χ4n) is 2.95. The summed E-state index contributed by atoms with van der Waals surface area (Å²) in [5.41, 5.74) is 0. The van der Waals surface area contributed by atoms with Gasteiger partial charge in [-0.1, -0.05) is 13.8 Å². The molecule has 0 radical (unpaired) electrons. The number of halogens is 1. The van der Waals surface area contributed by atoms with Crippen LogP contribution in [0.15, 0.2) is 17.4 Å². The molecule has 1 fully saturated rings. The number of hydrogen-bond acceptors (Lipinski definition) is 4. The summed E-state index contributed by atoms with van der Waals surface area (Å²) in [5, 5.41) is 6.76. The van der Waals surface area contributed by atoms with Gasteiger partial charge in [-0.3, -0.25) is 4.99 Å². The Labute approximate surface area is 172 Å². The molecule has 1 aliphatic heterocycles. The molecule has 1 aliphatic rings. The van der Waals surface area contributed by atoms with Gasteiger partial charge in [0.25, 0.3) is 0 Å². The largest absolute Gasteiger partial charge is 0.453 e. The van der Waals surface area contributed by atoms with Crippen molar-refractivity contribution >= 4 is 36.0 Å². The number of aliphatic imine (C=N–C) groups is 1. The van der Waals surface area contributed by atoms with E-state index in [-0.39, 0.29) is 30.1 Å². The molecule has 0 unspecified atom stereocenters. The van der Waals surface area contributed by atoms with Crippen LogP contribution >= 0.6 is 24.0 Å². The van der Waals surface area contributed by atoms with E-state index >= 15 is 0 Å². The number of aromatic nitrogens is 2. The molecule has 0 spiro atoms. The zero-order valence-corrected chi connectivity index (χ0v) is 18.4. The van der Waals surface area contributed by atoms with Crippen LogP contribution in [-0.4, -0.2) is 59.8 Å². The van der Waals surface area contributed by atoms with Crippen molar-refractivity contribution in [2.45, 2.75) is 45.8 Å². The Morgan fingerprint density at radius 1 is 1.42 bits per heavy atom. The zero-order chi connectivity index (χ0) is 18.2. The minimum Gasteiger partial charge on any atom is -0.453 e. The number of guanidine groups is 1. The summed E-state index contributed by atoms with van der Waals surface area (Å²) in [5.74, 6) is 2.33. The van der Waals surface area contributed by atoms with Gasteiger partial charge in [0, 0.05) is 45.1 Å². The monoisotopic (exact) mass is 478 g/mol. The second kappa shape index (κ2) is 11.2. The van der Waals surface area contributed by atoms with Crippen molar-refractivity contribution in [2.24, 2.45) is 10.9 Å². The highest BCUT2D eigenvalue weighted by Crippen LogP contribution is 2.11. The summed E-state index contributed by atoms with van der Waals surface area (Å²) in [6.07, 6.45) is 5.33. The lowest BCUT2D eigenvalue weighted by molar-refractivity contribution is 0.111. The first-order valence-electron chi connectivity index (χ1n) is 8.83. The standard InChI is InChI=1S/C17H30N6O2.HI/c1-13(2)12-23-10-7-19-15(23)11-20-16(18-3)21-14-5-8-22(9-6-14)17(24)25-4;/h7,10,13-14H,5-6,8-9,11-12H2,1-4H3,(H2,18,20,21);1H. The van der Waals surface area contributed by atoms with Crippen molar-refractivity contribution in [1.82, 2.24) is 25.1 Å². The fraction of sp³-hybridized carbons (Fsp3) is 0.706. The second-order valence-corrected chi connectivity index (χ2v) is 6.69. The van der Waals surface area contributed by atoms with Crippen molar-refractivity contribution in [1.29, 1.82) is 0 Å². The molecular weight excluding hydrogens is 447 g/mol. The van der Waals surface area contributed by atoms with Crippen LogP contribution in [-0.2, 0) is 17.8 Å². The Bertz CT molecular complexity index is 582. The third kappa shape index (κ3) is 6.65. The van der Waals surface area contributed by atoms with E-state index < -0.39 is 0 Å². The number of likely N-dealkylation sites (tertiary alicyclic amines) is 1. The highest BCUT2D eigenvalue weighted by molar-refractivity contribution is 14.0. The van der Waals surface area contributed by atoms with Crippen molar-refractivity contribution in [3.8, 4) is 0 Å². The summed E-state index contributed by atoms with van der Waals surface area (Å²) in [7, 11) is 3.18. The molecule has 9 heteroatoms. The first-order chi connectivity index (χ1) is 12.0. The number of hydrogen-bond donors (Lipinski definition) is 2. The molecule has 1 saturated heterocycles. The van der Waals surface area contributed by atoms with Gasteiger partial charge in [0.05, 0.1) is 13.7 Å². The SMILES string of the molecule is CN=C(NCc1nccn1CC(C)C)NC1CCN(C(=O)OC)CC1.I. The van der Waals surface area contributed by atoms with Crippen molar-refractivity contribution in [3.05, 3.63) is 18.2 Å². The van der Waals surface area contributed by atoms with Crippen LogP contribution in [0.3, 0.4) is 0 Å². The third-order valence-electron chi connectivity index (χ3n) is 4.27. The molecule has 1 aromatic rings. The molecule has 2 N–H and O–H groups in total. The van der Waals surface area contributed by atoms with E-state index in [1.165, 1.54) is 7.11 Å². The average molecular weight is 478 g/mol. The summed E-state index contributed by atoms with van der Waals surface area (Å²) in [4.78, 5) is 22.0. The number of carbonyl (C=O) groups excluding carboxylic acids is 1. The molecule has 0 bridgehead atoms. The fourth-order valence-corrected chi connectivity index (χ4v) is 2.95. The van der Waals surface area contributed by atoms with E-state index in [9.17, 15) is 4.79 Å². The van der Waals surface area contributed by atoms with Crippen LogP contribution in [0.4, 0.5) is 4.79 Å². The molecular formula is C17H31IN6O2. The quantitative estimate of drug-likeness (QED) is 0.385. The molecule has 0 aromatic carbocycles. The minimum absolute atomic E-state index is 0. The molecule has 0 aliphatic carbocycles. The molecule has 8 nitrogen and oxygen atoms in total. The van der Waals surface area contributed by atoms with Gasteiger partial charge in [-0.25, -0.2) is 9.78 Å². The Hall–Kier alpha value is -1.52. The van der Waals surface area contributed by atoms with Gasteiger partial charge in [0.2, 0.25) is 0 Å². The molecule has 2 rings (SSSR count). The number of methoxy groups -OCH3 is 1. The third-order valence-corrected chi connectivity index (χ3v) is 4.27. The van der Waals surface area contributed by atoms with Crippen LogP contribution in [0.2, 0.25) is 0 Å². The van der Waals surface area contributed by atoms with E-state index in [1.54, 1.807) is 11.9 Å². The van der Waals surface area contributed by atoms with Crippen LogP contribution in [0.1, 0.15) is 32.5 Å². The lowest BCUT2D eigenvalue weighted by Gasteiger charge is -2.32. The van der Waals surface area contributed by atoms with Gasteiger partial charge in [-0.05, 0) is 18.8 Å². The number of ether oxygens (including phenoxy) is 1. The number of nitrogens with zero attached hydrogens (tertiary/aromatic N) is 4. The van der Waals surface area contributed by atoms with Crippen molar-refractivity contribution in [2.75, 3.05) is 27.2 Å². The molecule has 148 valence electrons. The number of imidazole rings is 1. The lowest BCUT2D eigenvalue weighted by atomic mass is 10.1. The average Bonchev–Trinajstić information content (AvgIpc) is 3.04. The van der Waals surface area contributed by atoms with Crippen LogP contribution in [0.5, 0.6) is 0 Å². The Balaban J connectivity index is 0.00000338. The Morgan fingerprint density at radius 3 is 2.69 bits per heavy atom. The molecule has 1 amide bonds. The van der Waals surface area contributed by atoms with Crippen LogP contribution in [0.25, 0.3) is 0 Å². The predicted octanol–water partition coefficient (Wildman–Crippen LogP) is 2.05. The molecule has 2 heterocycles. The van der Waals surface area contributed by atoms with E-state index in [2.05, 4.69) is 39.0 Å². The number of piperidine rings is 1. The van der Waals surface area contributed by atoms with E-state index in [1.807, 2.05) is 12.4 Å². The molecule has 1 aromatic heterocycles. The number of carbonyl (C=O) groups is 1. The van der Waals surface area contributed by atoms with E-state index in [0.29, 0.717) is 31.6 Å². The maximum atomic E-state index is 11.5. The summed E-state index contributed by atoms with van der Waals surface area (Å²) in [6.45, 7) is 7.35. The second-order valence-electron chi connectivity index (χ2n) is 6.69. The first kappa shape index (κ1) is 22.5. The smallest absolute Gasteiger partial charge is 0.409 e. The number of nitrogens with one attached hydrogen (secondary N) is 2. The molecule has 0 saturated carbocycles. The maximum Gasteiger partial charge on any atom is 0.409 e. The topological polar surface area (TPSA) is 83.8 Å². The number of rotatable bonds is 5. The van der Waals surface area contributed by atoms with Crippen LogP contribution < -0.4 is 10.6 Å². The van der Waals surface area contributed by atoms with Gasteiger partial charge in [0.1, 0.15) is 5.82 Å². The first-order valence-corrected chi connectivity index (χ1v) is 8.83. The highest BCUT2D eigenvalue weighted by Gasteiger charge is 2.23. The zero-order valence-electron chi connectivity index (χ0n) is 16.1.